The largest absolute Gasteiger partial charge is 0.423 e. The van der Waals surface area contributed by atoms with Crippen molar-refractivity contribution < 1.29 is 22.9 Å². The fourth-order valence-corrected chi connectivity index (χ4v) is 4.80. The summed E-state index contributed by atoms with van der Waals surface area (Å²) in [6, 6.07) is 6.53. The molecule has 0 spiro atoms. The Morgan fingerprint density at radius 1 is 1.11 bits per heavy atom. The number of hydrogen-bond acceptors (Lipinski definition) is 7. The molecule has 2 aromatic rings. The number of piperidine rings is 1. The second-order valence-corrected chi connectivity index (χ2v) is 9.64. The second-order valence-electron chi connectivity index (χ2n) is 9.20. The number of pyridine rings is 1. The number of halogens is 4. The molecule has 0 unspecified atom stereocenters. The highest BCUT2D eigenvalue weighted by Crippen LogP contribution is 2.38. The molecule has 9 nitrogen and oxygen atoms in total. The molecular weight excluding hydrogens is 525 g/mol. The minimum atomic E-state index is -4.82. The van der Waals surface area contributed by atoms with Gasteiger partial charge >= 0.3 is 6.18 Å². The molecule has 0 radical (unpaired) electrons. The zero-order chi connectivity index (χ0) is 26.6. The summed E-state index contributed by atoms with van der Waals surface area (Å²) in [4.78, 5) is 33.2. The third-order valence-corrected chi connectivity index (χ3v) is 6.99. The molecule has 1 aromatic heterocycles. The number of rotatable bonds is 7. The molecule has 4 rings (SSSR count). The maximum Gasteiger partial charge on any atom is 0.423 e. The molecule has 208 valence electrons. The highest BCUT2D eigenvalue weighted by molar-refractivity contribution is 6.30. The van der Waals surface area contributed by atoms with Crippen molar-refractivity contribution in [1.82, 2.24) is 14.8 Å². The number of nitro benzene ring substituents is 1. The Labute approximate surface area is 224 Å². The maximum atomic E-state index is 13.2. The van der Waals surface area contributed by atoms with Crippen LogP contribution >= 0.6 is 11.6 Å². The van der Waals surface area contributed by atoms with Gasteiger partial charge in [0.25, 0.3) is 5.69 Å². The lowest BCUT2D eigenvalue weighted by Crippen LogP contribution is -2.48. The number of nitrogens with zero attached hydrogens (tertiary/aromatic N) is 5. The fourth-order valence-electron chi connectivity index (χ4n) is 4.69. The Kier molecular flexibility index (Phi) is 9.77. The molecule has 2 aliphatic heterocycles. The van der Waals surface area contributed by atoms with E-state index in [9.17, 15) is 28.1 Å². The molecule has 1 N–H and O–H groups in total. The molecule has 1 aromatic carbocycles. The average molecular weight is 557 g/mol. The molecule has 13 heteroatoms. The minimum absolute atomic E-state index is 0. The zero-order valence-corrected chi connectivity index (χ0v) is 20.8. The van der Waals surface area contributed by atoms with E-state index in [0.29, 0.717) is 43.9 Å². The van der Waals surface area contributed by atoms with Crippen LogP contribution in [0.4, 0.5) is 30.4 Å². The van der Waals surface area contributed by atoms with Crippen LogP contribution in [0.5, 0.6) is 0 Å². The minimum Gasteiger partial charge on any atom is -0.382 e. The third kappa shape index (κ3) is 7.47. The van der Waals surface area contributed by atoms with Crippen LogP contribution in [0.25, 0.3) is 0 Å². The van der Waals surface area contributed by atoms with Crippen molar-refractivity contribution in [2.45, 2.75) is 38.9 Å². The summed E-state index contributed by atoms with van der Waals surface area (Å²) >= 11 is 5.90. The molecule has 1 amide bonds. The van der Waals surface area contributed by atoms with Crippen LogP contribution in [-0.2, 0) is 11.0 Å². The molecular formula is C25H32ClF3N6O3. The first kappa shape index (κ1) is 29.4. The molecule has 0 saturated carbocycles. The average Bonchev–Trinajstić information content (AvgIpc) is 2.88. The van der Waals surface area contributed by atoms with Gasteiger partial charge in [0.2, 0.25) is 5.91 Å². The lowest BCUT2D eigenvalue weighted by atomic mass is 10.0. The van der Waals surface area contributed by atoms with E-state index in [1.807, 2.05) is 12.1 Å². The van der Waals surface area contributed by atoms with Crippen LogP contribution in [0.3, 0.4) is 0 Å². The molecule has 0 aliphatic carbocycles. The van der Waals surface area contributed by atoms with Crippen LogP contribution in [-0.4, -0.2) is 77.5 Å². The van der Waals surface area contributed by atoms with E-state index < -0.39 is 22.4 Å². The van der Waals surface area contributed by atoms with Crippen LogP contribution < -0.4 is 10.2 Å². The third-order valence-electron chi connectivity index (χ3n) is 6.77. The number of likely N-dealkylation sites (tertiary alicyclic amines) is 1. The summed E-state index contributed by atoms with van der Waals surface area (Å²) in [5.74, 6) is 0.954. The van der Waals surface area contributed by atoms with Gasteiger partial charge in [0.1, 0.15) is 11.4 Å². The summed E-state index contributed by atoms with van der Waals surface area (Å²) in [6.45, 7) is 4.98. The monoisotopic (exact) mass is 556 g/mol. The number of alkyl halides is 3. The highest BCUT2D eigenvalue weighted by atomic mass is 35.5. The van der Waals surface area contributed by atoms with Gasteiger partial charge in [-0.2, -0.15) is 13.2 Å². The van der Waals surface area contributed by atoms with Gasteiger partial charge in [0.05, 0.1) is 9.95 Å². The number of nitro groups is 1. The van der Waals surface area contributed by atoms with E-state index >= 15 is 0 Å². The van der Waals surface area contributed by atoms with Crippen molar-refractivity contribution in [1.29, 1.82) is 0 Å². The van der Waals surface area contributed by atoms with Gasteiger partial charge in [0, 0.05) is 76.2 Å². The number of carbonyl (C=O) groups excluding carboxylic acids is 1. The van der Waals surface area contributed by atoms with Crippen LogP contribution in [0.2, 0.25) is 5.02 Å². The van der Waals surface area contributed by atoms with E-state index in [1.54, 1.807) is 11.1 Å². The van der Waals surface area contributed by atoms with E-state index in [0.717, 1.165) is 44.1 Å². The smallest absolute Gasteiger partial charge is 0.382 e. The molecule has 2 saturated heterocycles. The van der Waals surface area contributed by atoms with Gasteiger partial charge < -0.3 is 15.1 Å². The molecule has 2 aliphatic rings. The topological polar surface area (TPSA) is 94.9 Å². The highest BCUT2D eigenvalue weighted by Gasteiger charge is 2.38. The summed E-state index contributed by atoms with van der Waals surface area (Å²) in [6.07, 6.45) is -1.62. The van der Waals surface area contributed by atoms with Crippen LogP contribution in [0.15, 0.2) is 36.5 Å². The molecule has 2 fully saturated rings. The summed E-state index contributed by atoms with van der Waals surface area (Å²) in [5.41, 5.74) is -2.07. The van der Waals surface area contributed by atoms with Crippen LogP contribution in [0.1, 0.15) is 32.3 Å². The summed E-state index contributed by atoms with van der Waals surface area (Å²) in [5, 5.41) is 14.6. The number of amides is 1. The van der Waals surface area contributed by atoms with Gasteiger partial charge in [-0.3, -0.25) is 19.8 Å². The number of benzene rings is 1. The van der Waals surface area contributed by atoms with Crippen molar-refractivity contribution in [3.8, 4) is 0 Å². The number of anilines is 2. The maximum absolute atomic E-state index is 13.2. The first-order valence-corrected chi connectivity index (χ1v) is 12.5. The second kappa shape index (κ2) is 12.6. The number of hydrogen-bond donors (Lipinski definition) is 1. The Morgan fingerprint density at radius 2 is 1.79 bits per heavy atom. The Morgan fingerprint density at radius 3 is 2.37 bits per heavy atom. The van der Waals surface area contributed by atoms with Gasteiger partial charge in [-0.05, 0) is 37.1 Å². The van der Waals surface area contributed by atoms with Crippen molar-refractivity contribution >= 4 is 34.7 Å². The summed E-state index contributed by atoms with van der Waals surface area (Å²) in [7, 11) is 0. The molecule has 3 heterocycles. The molecule has 0 bridgehead atoms. The van der Waals surface area contributed by atoms with Crippen molar-refractivity contribution in [3.63, 3.8) is 0 Å². The number of carbonyl (C=O) groups is 1. The van der Waals surface area contributed by atoms with Crippen molar-refractivity contribution in [2.24, 2.45) is 0 Å². The normalized spacial score (nSPS) is 17.2. The predicted molar refractivity (Wildman–Crippen MR) is 141 cm³/mol. The predicted octanol–water partition coefficient (Wildman–Crippen LogP) is 4.91. The number of nitrogens with one attached hydrogen (secondary N) is 1. The Bertz CT molecular complexity index is 1100. The van der Waals surface area contributed by atoms with Gasteiger partial charge in [-0.25, -0.2) is 4.98 Å². The van der Waals surface area contributed by atoms with Gasteiger partial charge in [-0.15, -0.1) is 0 Å². The summed E-state index contributed by atoms with van der Waals surface area (Å²) < 4.78 is 39.7. The number of piperazine rings is 1. The zero-order valence-electron chi connectivity index (χ0n) is 20.1. The Hall–Kier alpha value is -3.12. The van der Waals surface area contributed by atoms with E-state index in [1.165, 1.54) is 6.07 Å². The quantitative estimate of drug-likeness (QED) is 0.382. The standard InChI is InChI=1S/C24H28ClF3N6O3.CH4/c25-17-1-4-22(29-16-17)32-13-11-31(12-14-32)8-7-23(35)33-9-5-18(6-10-33)30-19-2-3-21(34(36)37)20(15-19)24(26,27)28;/h1-4,15-16,18,30H,5-14H2;1H4. The van der Waals surface area contributed by atoms with Gasteiger partial charge in [0.15, 0.2) is 0 Å². The van der Waals surface area contributed by atoms with Gasteiger partial charge in [-0.1, -0.05) is 19.0 Å². The molecule has 38 heavy (non-hydrogen) atoms. The van der Waals surface area contributed by atoms with E-state index in [4.69, 9.17) is 11.6 Å². The van der Waals surface area contributed by atoms with Crippen LogP contribution in [0, 0.1) is 10.1 Å². The first-order valence-electron chi connectivity index (χ1n) is 12.1. The van der Waals surface area contributed by atoms with E-state index in [-0.39, 0.29) is 25.1 Å². The lowest BCUT2D eigenvalue weighted by molar-refractivity contribution is -0.388. The lowest BCUT2D eigenvalue weighted by Gasteiger charge is -2.36. The Balaban J connectivity index is 0.00000400. The van der Waals surface area contributed by atoms with Crippen molar-refractivity contribution in [2.75, 3.05) is 56.0 Å². The van der Waals surface area contributed by atoms with E-state index in [2.05, 4.69) is 20.1 Å². The van der Waals surface area contributed by atoms with Crippen molar-refractivity contribution in [3.05, 3.63) is 57.2 Å². The first-order chi connectivity index (χ1) is 17.6. The number of aromatic nitrogens is 1. The fraction of sp³-hybridized carbons (Fsp3) is 0.520. The molecule has 0 atom stereocenters. The SMILES string of the molecule is C.O=C(CCN1CCN(c2ccc(Cl)cn2)CC1)N1CCC(Nc2ccc([N+](=O)[O-])c(C(F)(F)F)c2)CC1.